The maximum atomic E-state index is 12.6. The van der Waals surface area contributed by atoms with Crippen molar-refractivity contribution >= 4 is 39.9 Å². The van der Waals surface area contributed by atoms with Crippen molar-refractivity contribution in [3.8, 4) is 0 Å². The lowest BCUT2D eigenvalue weighted by Crippen LogP contribution is -2.54. The molecule has 0 bridgehead atoms. The molecule has 2 aromatic carbocycles. The average Bonchev–Trinajstić information content (AvgIpc) is 2.67. The van der Waals surface area contributed by atoms with Crippen LogP contribution in [0, 0.1) is 0 Å². The van der Waals surface area contributed by atoms with E-state index >= 15 is 0 Å². The number of amides is 2. The maximum Gasteiger partial charge on any atom is 0.244 e. The molecule has 0 fully saturated rings. The molecule has 3 aromatic rings. The molecule has 0 atom stereocenters. The SMILES string of the molecule is CC(=O)N1C(Cc2ccccc2)=Nc2cnc3ccccc3c2N1C(C)=O. The van der Waals surface area contributed by atoms with Crippen LogP contribution in [0.4, 0.5) is 11.4 Å². The van der Waals surface area contributed by atoms with Gasteiger partial charge in [-0.3, -0.25) is 14.6 Å². The number of hydrogen-bond acceptors (Lipinski definition) is 4. The van der Waals surface area contributed by atoms with E-state index < -0.39 is 0 Å². The van der Waals surface area contributed by atoms with Gasteiger partial charge in [0.25, 0.3) is 0 Å². The third kappa shape index (κ3) is 2.95. The summed E-state index contributed by atoms with van der Waals surface area (Å²) in [6.45, 7) is 2.88. The van der Waals surface area contributed by atoms with Gasteiger partial charge in [0.15, 0.2) is 0 Å². The number of benzene rings is 2. The van der Waals surface area contributed by atoms with Gasteiger partial charge in [-0.15, -0.1) is 0 Å². The monoisotopic (exact) mass is 358 g/mol. The fourth-order valence-electron chi connectivity index (χ4n) is 3.34. The first kappa shape index (κ1) is 16.9. The number of rotatable bonds is 2. The lowest BCUT2D eigenvalue weighted by molar-refractivity contribution is -0.130. The first-order valence-electron chi connectivity index (χ1n) is 8.67. The summed E-state index contributed by atoms with van der Waals surface area (Å²) >= 11 is 0. The summed E-state index contributed by atoms with van der Waals surface area (Å²) in [6.07, 6.45) is 2.08. The molecule has 6 heteroatoms. The lowest BCUT2D eigenvalue weighted by atomic mass is 10.1. The van der Waals surface area contributed by atoms with Crippen molar-refractivity contribution in [3.05, 3.63) is 66.4 Å². The van der Waals surface area contributed by atoms with E-state index in [1.165, 1.54) is 23.9 Å². The number of hydrazine groups is 1. The second-order valence-electron chi connectivity index (χ2n) is 6.36. The summed E-state index contributed by atoms with van der Waals surface area (Å²) in [5.41, 5.74) is 2.91. The Hall–Kier alpha value is -3.54. The summed E-state index contributed by atoms with van der Waals surface area (Å²) in [5.74, 6) is -0.0387. The quantitative estimate of drug-likeness (QED) is 0.702. The normalized spacial score (nSPS) is 13.3. The predicted octanol–water partition coefficient (Wildman–Crippen LogP) is 3.64. The molecule has 1 aliphatic heterocycles. The van der Waals surface area contributed by atoms with Crippen molar-refractivity contribution in [3.63, 3.8) is 0 Å². The molecule has 6 nitrogen and oxygen atoms in total. The Morgan fingerprint density at radius 1 is 0.889 bits per heavy atom. The highest BCUT2D eigenvalue weighted by atomic mass is 16.2. The standard InChI is InChI=1S/C21H18N4O2/c1-14(26)24-20(12-16-8-4-3-5-9-16)23-19-13-22-18-11-7-6-10-17(18)21(19)25(24)15(2)27/h3-11,13H,12H2,1-2H3. The topological polar surface area (TPSA) is 65.9 Å². The Morgan fingerprint density at radius 3 is 2.26 bits per heavy atom. The number of aliphatic imine (C=N–C) groups is 1. The van der Waals surface area contributed by atoms with E-state index in [9.17, 15) is 9.59 Å². The molecule has 2 heterocycles. The van der Waals surface area contributed by atoms with Gasteiger partial charge in [0.05, 0.1) is 11.7 Å². The van der Waals surface area contributed by atoms with Gasteiger partial charge in [-0.05, 0) is 11.6 Å². The van der Waals surface area contributed by atoms with E-state index in [1.807, 2.05) is 54.6 Å². The van der Waals surface area contributed by atoms with Gasteiger partial charge in [-0.25, -0.2) is 10.0 Å². The summed E-state index contributed by atoms with van der Waals surface area (Å²) in [7, 11) is 0. The molecule has 0 unspecified atom stereocenters. The number of amidine groups is 1. The minimum absolute atomic E-state index is 0.261. The molecule has 0 saturated heterocycles. The van der Waals surface area contributed by atoms with Crippen LogP contribution in [-0.2, 0) is 16.0 Å². The Morgan fingerprint density at radius 2 is 1.56 bits per heavy atom. The molecule has 4 rings (SSSR count). The molecule has 134 valence electrons. The van der Waals surface area contributed by atoms with E-state index in [1.54, 1.807) is 6.20 Å². The van der Waals surface area contributed by atoms with E-state index in [0.29, 0.717) is 23.6 Å². The molecule has 0 spiro atoms. The van der Waals surface area contributed by atoms with Crippen molar-refractivity contribution in [1.82, 2.24) is 9.99 Å². The molecule has 1 aromatic heterocycles. The van der Waals surface area contributed by atoms with Crippen LogP contribution >= 0.6 is 0 Å². The van der Waals surface area contributed by atoms with Gasteiger partial charge in [-0.2, -0.15) is 5.01 Å². The fourth-order valence-corrected chi connectivity index (χ4v) is 3.34. The van der Waals surface area contributed by atoms with E-state index in [4.69, 9.17) is 4.99 Å². The second-order valence-corrected chi connectivity index (χ2v) is 6.36. The van der Waals surface area contributed by atoms with Crippen LogP contribution in [0.5, 0.6) is 0 Å². The Labute approximate surface area is 156 Å². The van der Waals surface area contributed by atoms with Crippen molar-refractivity contribution < 1.29 is 9.59 Å². The summed E-state index contributed by atoms with van der Waals surface area (Å²) in [4.78, 5) is 34.2. The largest absolute Gasteiger partial charge is 0.273 e. The highest BCUT2D eigenvalue weighted by Crippen LogP contribution is 2.39. The fraction of sp³-hybridized carbons (Fsp3) is 0.143. The minimum atomic E-state index is -0.272. The number of aromatic nitrogens is 1. The Bertz CT molecular complexity index is 1080. The van der Waals surface area contributed by atoms with Gasteiger partial charge in [0, 0.05) is 25.7 Å². The second kappa shape index (κ2) is 6.64. The number of anilines is 1. The Balaban J connectivity index is 1.94. The summed E-state index contributed by atoms with van der Waals surface area (Å²) in [6, 6.07) is 17.2. The van der Waals surface area contributed by atoms with E-state index in [-0.39, 0.29) is 11.8 Å². The smallest absolute Gasteiger partial charge is 0.244 e. The molecule has 0 aliphatic carbocycles. The third-order valence-corrected chi connectivity index (χ3v) is 4.44. The average molecular weight is 358 g/mol. The maximum absolute atomic E-state index is 12.6. The molecule has 2 amide bonds. The van der Waals surface area contributed by atoms with E-state index in [0.717, 1.165) is 16.5 Å². The first-order valence-corrected chi connectivity index (χ1v) is 8.67. The van der Waals surface area contributed by atoms with Gasteiger partial charge < -0.3 is 0 Å². The van der Waals surface area contributed by atoms with Gasteiger partial charge in [0.2, 0.25) is 11.8 Å². The molecular weight excluding hydrogens is 340 g/mol. The summed E-state index contributed by atoms with van der Waals surface area (Å²) < 4.78 is 0. The summed E-state index contributed by atoms with van der Waals surface area (Å²) in [5, 5.41) is 3.55. The van der Waals surface area contributed by atoms with Gasteiger partial charge in [0.1, 0.15) is 17.2 Å². The number of para-hydroxylation sites is 1. The van der Waals surface area contributed by atoms with Gasteiger partial charge >= 0.3 is 0 Å². The predicted molar refractivity (Wildman–Crippen MR) is 105 cm³/mol. The van der Waals surface area contributed by atoms with Crippen LogP contribution in [0.15, 0.2) is 65.8 Å². The van der Waals surface area contributed by atoms with Crippen LogP contribution in [-0.4, -0.2) is 27.6 Å². The first-order chi connectivity index (χ1) is 13.1. The molecule has 0 N–H and O–H groups in total. The molecule has 1 aliphatic rings. The zero-order chi connectivity index (χ0) is 19.0. The van der Waals surface area contributed by atoms with Crippen LogP contribution in [0.1, 0.15) is 19.4 Å². The van der Waals surface area contributed by atoms with E-state index in [2.05, 4.69) is 4.98 Å². The van der Waals surface area contributed by atoms with Crippen LogP contribution in [0.25, 0.3) is 10.9 Å². The third-order valence-electron chi connectivity index (χ3n) is 4.44. The number of hydrogen-bond donors (Lipinski definition) is 0. The molecular formula is C21H18N4O2. The molecule has 27 heavy (non-hydrogen) atoms. The Kier molecular flexibility index (Phi) is 4.16. The van der Waals surface area contributed by atoms with Gasteiger partial charge in [-0.1, -0.05) is 48.5 Å². The number of carbonyl (C=O) groups excluding carboxylic acids is 2. The minimum Gasteiger partial charge on any atom is -0.273 e. The number of nitrogens with zero attached hydrogens (tertiary/aromatic N) is 4. The highest BCUT2D eigenvalue weighted by Gasteiger charge is 2.34. The molecule has 0 saturated carbocycles. The van der Waals surface area contributed by atoms with Crippen LogP contribution in [0.2, 0.25) is 0 Å². The zero-order valence-electron chi connectivity index (χ0n) is 15.1. The number of pyridine rings is 1. The number of carbonyl (C=O) groups is 2. The number of fused-ring (bicyclic) bond motifs is 3. The van der Waals surface area contributed by atoms with Crippen molar-refractivity contribution in [2.75, 3.05) is 5.01 Å². The van der Waals surface area contributed by atoms with Crippen LogP contribution in [0.3, 0.4) is 0 Å². The molecule has 0 radical (unpaired) electrons. The van der Waals surface area contributed by atoms with Crippen molar-refractivity contribution in [2.24, 2.45) is 4.99 Å². The van der Waals surface area contributed by atoms with Crippen molar-refractivity contribution in [1.29, 1.82) is 0 Å². The van der Waals surface area contributed by atoms with Crippen LogP contribution < -0.4 is 5.01 Å². The lowest BCUT2D eigenvalue weighted by Gasteiger charge is -2.38. The van der Waals surface area contributed by atoms with Crippen molar-refractivity contribution in [2.45, 2.75) is 20.3 Å². The zero-order valence-corrected chi connectivity index (χ0v) is 15.1. The highest BCUT2D eigenvalue weighted by molar-refractivity contribution is 6.15.